The van der Waals surface area contributed by atoms with E-state index in [2.05, 4.69) is 129 Å². The second kappa shape index (κ2) is 15.0. The fourth-order valence-electron chi connectivity index (χ4n) is 7.64. The van der Waals surface area contributed by atoms with Crippen molar-refractivity contribution in [3.8, 4) is 61.4 Å². The third-order valence-corrected chi connectivity index (χ3v) is 12.3. The van der Waals surface area contributed by atoms with Crippen molar-refractivity contribution in [3.05, 3.63) is 112 Å². The predicted molar refractivity (Wildman–Crippen MR) is 246 cm³/mol. The highest BCUT2D eigenvalue weighted by molar-refractivity contribution is 7.81. The number of phenolic OH excluding ortho intramolecular Hbond substituents is 1. The van der Waals surface area contributed by atoms with Crippen molar-refractivity contribution in [2.45, 2.75) is 97.1 Å². The van der Waals surface area contributed by atoms with Gasteiger partial charge in [0, 0.05) is 29.4 Å². The predicted octanol–water partition coefficient (Wildman–Crippen LogP) is 14.6. The molecular formula is C46H46OS6. The second-order valence-corrected chi connectivity index (χ2v) is 18.2. The Labute approximate surface area is 348 Å². The van der Waals surface area contributed by atoms with Crippen molar-refractivity contribution >= 4 is 75.8 Å². The maximum Gasteiger partial charge on any atom is 0.131 e. The zero-order valence-electron chi connectivity index (χ0n) is 31.6. The molecule has 0 aliphatic carbocycles. The Bertz CT molecular complexity index is 2330. The number of hydrogen-bond donors (Lipinski definition) is 7. The molecule has 0 atom stereocenters. The van der Waals surface area contributed by atoms with Crippen molar-refractivity contribution in [1.82, 2.24) is 0 Å². The molecule has 0 heterocycles. The molecule has 0 spiro atoms. The summed E-state index contributed by atoms with van der Waals surface area (Å²) in [5.74, 6) is 0.202. The molecule has 0 aliphatic heterocycles. The fourth-order valence-corrected chi connectivity index (χ4v) is 10.2. The maximum absolute atomic E-state index is 10.3. The molecule has 0 aromatic heterocycles. The first-order valence-electron chi connectivity index (χ1n) is 17.5. The molecule has 1 N–H and O–H groups in total. The topological polar surface area (TPSA) is 20.2 Å². The van der Waals surface area contributed by atoms with Gasteiger partial charge in [-0.05, 0) is 184 Å². The van der Waals surface area contributed by atoms with Gasteiger partial charge in [-0.1, -0.05) is 51.1 Å². The first-order chi connectivity index (χ1) is 24.8. The molecule has 0 aliphatic rings. The molecular weight excluding hydrogens is 761 g/mol. The summed E-state index contributed by atoms with van der Waals surface area (Å²) in [5.41, 5.74) is 18.5. The van der Waals surface area contributed by atoms with Gasteiger partial charge in [-0.2, -0.15) is 0 Å². The van der Waals surface area contributed by atoms with Gasteiger partial charge in [-0.25, -0.2) is 0 Å². The van der Waals surface area contributed by atoms with Crippen molar-refractivity contribution in [1.29, 1.82) is 0 Å². The zero-order chi connectivity index (χ0) is 38.8. The van der Waals surface area contributed by atoms with Gasteiger partial charge in [0.1, 0.15) is 5.75 Å². The van der Waals surface area contributed by atoms with Crippen molar-refractivity contribution in [2.24, 2.45) is 0 Å². The van der Waals surface area contributed by atoms with E-state index in [0.29, 0.717) is 4.90 Å². The Kier molecular flexibility index (Phi) is 11.3. The Morgan fingerprint density at radius 1 is 0.340 bits per heavy atom. The zero-order valence-corrected chi connectivity index (χ0v) is 36.9. The van der Waals surface area contributed by atoms with Gasteiger partial charge in [0.05, 0.1) is 0 Å². The molecule has 6 rings (SSSR count). The summed E-state index contributed by atoms with van der Waals surface area (Å²) in [7, 11) is 0. The van der Waals surface area contributed by atoms with Crippen LogP contribution in [-0.4, -0.2) is 5.11 Å². The Balaban J connectivity index is 1.36. The normalized spacial score (nSPS) is 11.8. The maximum atomic E-state index is 10.3. The minimum atomic E-state index is 0.0494. The summed E-state index contributed by atoms with van der Waals surface area (Å²) in [5, 5.41) is 10.3. The van der Waals surface area contributed by atoms with Crippen LogP contribution >= 0.6 is 75.8 Å². The number of rotatable bonds is 5. The molecule has 0 unspecified atom stereocenters. The molecule has 0 bridgehead atoms. The lowest BCUT2D eigenvalue weighted by Crippen LogP contribution is -2.11. The molecule has 0 radical (unpaired) electrons. The van der Waals surface area contributed by atoms with E-state index >= 15 is 0 Å². The summed E-state index contributed by atoms with van der Waals surface area (Å²) >= 11 is 29.5. The number of aryl methyl sites for hydroxylation is 6. The molecule has 6 aromatic rings. The van der Waals surface area contributed by atoms with Crippen molar-refractivity contribution < 1.29 is 5.11 Å². The van der Waals surface area contributed by atoms with Crippen LogP contribution in [0.2, 0.25) is 0 Å². The summed E-state index contributed by atoms with van der Waals surface area (Å²) in [6, 6.07) is 25.8. The summed E-state index contributed by atoms with van der Waals surface area (Å²) < 4.78 is 0. The van der Waals surface area contributed by atoms with Crippen molar-refractivity contribution in [3.63, 3.8) is 0 Å². The van der Waals surface area contributed by atoms with E-state index in [4.69, 9.17) is 63.1 Å². The van der Waals surface area contributed by atoms with E-state index in [1.165, 1.54) is 11.1 Å². The molecule has 0 saturated carbocycles. The van der Waals surface area contributed by atoms with Gasteiger partial charge in [0.15, 0.2) is 0 Å². The number of benzene rings is 6. The molecule has 6 aromatic carbocycles. The van der Waals surface area contributed by atoms with Crippen LogP contribution in [0.3, 0.4) is 0 Å². The lowest BCUT2D eigenvalue weighted by Gasteiger charge is -2.23. The average molecular weight is 807 g/mol. The van der Waals surface area contributed by atoms with Gasteiger partial charge < -0.3 is 5.11 Å². The number of hydrogen-bond acceptors (Lipinski definition) is 7. The van der Waals surface area contributed by atoms with Gasteiger partial charge in [0.25, 0.3) is 0 Å². The first-order valence-corrected chi connectivity index (χ1v) is 20.2. The number of thiol groups is 6. The quantitative estimate of drug-likeness (QED) is 0.0866. The summed E-state index contributed by atoms with van der Waals surface area (Å²) in [4.78, 5) is 5.07. The van der Waals surface area contributed by atoms with E-state index in [1.807, 2.05) is 19.1 Å². The minimum absolute atomic E-state index is 0.0494. The van der Waals surface area contributed by atoms with E-state index in [9.17, 15) is 5.11 Å². The summed E-state index contributed by atoms with van der Waals surface area (Å²) in [6.45, 7) is 19.3. The lowest BCUT2D eigenvalue weighted by molar-refractivity contribution is 0.458. The minimum Gasteiger partial charge on any atom is -0.507 e. The highest BCUT2D eigenvalue weighted by Crippen LogP contribution is 2.45. The molecule has 53 heavy (non-hydrogen) atoms. The highest BCUT2D eigenvalue weighted by atomic mass is 32.1. The molecule has 0 amide bonds. The third-order valence-electron chi connectivity index (χ3n) is 10.2. The Morgan fingerprint density at radius 2 is 0.585 bits per heavy atom. The van der Waals surface area contributed by atoms with Crippen LogP contribution in [0.4, 0.5) is 0 Å². The van der Waals surface area contributed by atoms with Gasteiger partial charge in [-0.15, -0.1) is 75.8 Å². The van der Waals surface area contributed by atoms with Gasteiger partial charge in [-0.3, -0.25) is 0 Å². The van der Waals surface area contributed by atoms with Crippen LogP contribution in [0.5, 0.6) is 5.75 Å². The molecule has 7 heteroatoms. The monoisotopic (exact) mass is 806 g/mol. The van der Waals surface area contributed by atoms with E-state index < -0.39 is 0 Å². The SMILES string of the molecule is Cc1cc(-c2c(C)cc(-c3c(C)cc(-c4c(C)cc(-c5c(C)cc(-c6c(C)cc(C(C)(C)C)cc6S)cc5S)cc4S)cc3S)cc2S)cc(S)c1O. The van der Waals surface area contributed by atoms with Gasteiger partial charge >= 0.3 is 0 Å². The summed E-state index contributed by atoms with van der Waals surface area (Å²) in [6.07, 6.45) is 0. The number of phenols is 1. The molecule has 0 saturated heterocycles. The fraction of sp³-hybridized carbons (Fsp3) is 0.217. The standard InChI is InChI=1S/C46H46OS6/c1-22-11-29(42-24(3)13-31(19-36(42)50)44-26(5)15-33(21-38(44)52)46(7,8)9)17-34(48)40(22)28-10-23(2)41(35(49)16-28)30-12-25(4)43(37(51)18-30)32-14-27(6)45(47)39(53)20-32/h10-21,47-53H,1-9H3. The second-order valence-electron chi connectivity index (χ2n) is 15.3. The molecule has 272 valence electrons. The van der Waals surface area contributed by atoms with E-state index in [0.717, 1.165) is 108 Å². The largest absolute Gasteiger partial charge is 0.507 e. The van der Waals surface area contributed by atoms with Crippen LogP contribution in [0.25, 0.3) is 55.6 Å². The van der Waals surface area contributed by atoms with Crippen LogP contribution in [0.1, 0.15) is 59.7 Å². The van der Waals surface area contributed by atoms with Gasteiger partial charge in [0.2, 0.25) is 0 Å². The van der Waals surface area contributed by atoms with Crippen LogP contribution in [-0.2, 0) is 5.41 Å². The molecule has 0 fully saturated rings. The Hall–Kier alpha value is -2.78. The smallest absolute Gasteiger partial charge is 0.131 e. The Morgan fingerprint density at radius 3 is 0.830 bits per heavy atom. The van der Waals surface area contributed by atoms with E-state index in [1.54, 1.807) is 0 Å². The highest BCUT2D eigenvalue weighted by Gasteiger charge is 2.21. The lowest BCUT2D eigenvalue weighted by atomic mass is 9.84. The van der Waals surface area contributed by atoms with E-state index in [-0.39, 0.29) is 11.2 Å². The molecule has 1 nitrogen and oxygen atoms in total. The van der Waals surface area contributed by atoms with Crippen LogP contribution in [0.15, 0.2) is 102 Å². The van der Waals surface area contributed by atoms with Crippen molar-refractivity contribution in [2.75, 3.05) is 0 Å². The average Bonchev–Trinajstić information content (AvgIpc) is 3.01. The third kappa shape index (κ3) is 7.72. The van der Waals surface area contributed by atoms with Crippen LogP contribution < -0.4 is 0 Å². The number of aromatic hydroxyl groups is 1. The first kappa shape index (κ1) is 39.9. The van der Waals surface area contributed by atoms with Crippen LogP contribution in [0, 0.1) is 41.5 Å².